The normalized spacial score (nSPS) is 16.1. The highest BCUT2D eigenvalue weighted by Crippen LogP contribution is 2.33. The number of anilines is 1. The Bertz CT molecular complexity index is 481. The minimum atomic E-state index is -0.142. The highest BCUT2D eigenvalue weighted by Gasteiger charge is 2.29. The topological polar surface area (TPSA) is 49.2 Å². The Morgan fingerprint density at radius 1 is 1.30 bits per heavy atom. The molecular formula is C15H24ClN3O. The van der Waals surface area contributed by atoms with E-state index in [9.17, 15) is 5.11 Å². The maximum Gasteiger partial charge on any atom is 0.137 e. The van der Waals surface area contributed by atoms with Crippen LogP contribution in [0.1, 0.15) is 51.4 Å². The molecule has 0 saturated heterocycles. The summed E-state index contributed by atoms with van der Waals surface area (Å²) in [7, 11) is 0. The van der Waals surface area contributed by atoms with Gasteiger partial charge in [-0.15, -0.1) is 0 Å². The number of aliphatic hydroxyl groups excluding tert-OH is 1. The molecule has 2 rings (SSSR count). The predicted molar refractivity (Wildman–Crippen MR) is 82.5 cm³/mol. The maximum atomic E-state index is 9.34. The van der Waals surface area contributed by atoms with E-state index in [0.717, 1.165) is 30.0 Å². The fourth-order valence-electron chi connectivity index (χ4n) is 2.36. The maximum absolute atomic E-state index is 9.34. The number of aliphatic hydroxyl groups is 1. The van der Waals surface area contributed by atoms with Gasteiger partial charge < -0.3 is 10.0 Å². The van der Waals surface area contributed by atoms with E-state index in [0.29, 0.717) is 17.7 Å². The third-order valence-corrected chi connectivity index (χ3v) is 4.23. The van der Waals surface area contributed by atoms with E-state index in [1.165, 1.54) is 6.42 Å². The Balaban J connectivity index is 2.44. The predicted octanol–water partition coefficient (Wildman–Crippen LogP) is 3.09. The fourth-order valence-corrected chi connectivity index (χ4v) is 2.53. The number of halogens is 1. The van der Waals surface area contributed by atoms with Gasteiger partial charge in [0.2, 0.25) is 0 Å². The molecule has 0 aromatic carbocycles. The summed E-state index contributed by atoms with van der Waals surface area (Å²) >= 11 is 6.29. The van der Waals surface area contributed by atoms with Crippen LogP contribution in [0.5, 0.6) is 0 Å². The fraction of sp³-hybridized carbons (Fsp3) is 0.733. The number of rotatable bonds is 4. The van der Waals surface area contributed by atoms with Gasteiger partial charge in [0.15, 0.2) is 0 Å². The lowest BCUT2D eigenvalue weighted by molar-refractivity contribution is 0.282. The Morgan fingerprint density at radius 3 is 2.40 bits per heavy atom. The summed E-state index contributed by atoms with van der Waals surface area (Å²) in [5.74, 6) is 1.64. The summed E-state index contributed by atoms with van der Waals surface area (Å²) in [6.45, 7) is 8.92. The Morgan fingerprint density at radius 2 is 1.95 bits per heavy atom. The zero-order valence-electron chi connectivity index (χ0n) is 12.8. The number of hydrogen-bond donors (Lipinski definition) is 1. The van der Waals surface area contributed by atoms with Gasteiger partial charge in [-0.3, -0.25) is 0 Å². The first-order chi connectivity index (χ1) is 9.34. The Kier molecular flexibility index (Phi) is 4.55. The Labute approximate surface area is 126 Å². The van der Waals surface area contributed by atoms with Crippen molar-refractivity contribution in [1.29, 1.82) is 0 Å². The van der Waals surface area contributed by atoms with Crippen molar-refractivity contribution in [3.05, 3.63) is 16.5 Å². The zero-order chi connectivity index (χ0) is 14.9. The van der Waals surface area contributed by atoms with Crippen molar-refractivity contribution in [1.82, 2.24) is 9.97 Å². The van der Waals surface area contributed by atoms with Crippen molar-refractivity contribution in [3.8, 4) is 0 Å². The average Bonchev–Trinajstić information content (AvgIpc) is 2.28. The van der Waals surface area contributed by atoms with Crippen LogP contribution in [0.4, 0.5) is 5.82 Å². The second kappa shape index (κ2) is 5.86. The number of aromatic nitrogens is 2. The standard InChI is InChI=1S/C15H24ClN3O/c1-10-12(16)17-14(15(2,3)4)18-13(10)19(8-9-20)11-6-5-7-11/h11,20H,5-9H2,1-4H3. The van der Waals surface area contributed by atoms with E-state index in [-0.39, 0.29) is 12.0 Å². The van der Waals surface area contributed by atoms with Gasteiger partial charge >= 0.3 is 0 Å². The molecule has 1 N–H and O–H groups in total. The second-order valence-corrected chi connectivity index (χ2v) is 6.90. The van der Waals surface area contributed by atoms with Crippen LogP contribution in [0.25, 0.3) is 0 Å². The SMILES string of the molecule is Cc1c(Cl)nc(C(C)(C)C)nc1N(CCO)C1CCC1. The van der Waals surface area contributed by atoms with Gasteiger partial charge in [-0.25, -0.2) is 9.97 Å². The van der Waals surface area contributed by atoms with E-state index in [4.69, 9.17) is 16.6 Å². The van der Waals surface area contributed by atoms with Crippen LogP contribution in [0, 0.1) is 6.92 Å². The van der Waals surface area contributed by atoms with Crippen molar-refractivity contribution in [3.63, 3.8) is 0 Å². The summed E-state index contributed by atoms with van der Waals surface area (Å²) in [4.78, 5) is 11.4. The quantitative estimate of drug-likeness (QED) is 0.868. The Hall–Kier alpha value is -0.870. The molecule has 0 spiro atoms. The summed E-state index contributed by atoms with van der Waals surface area (Å²) < 4.78 is 0. The molecule has 4 nitrogen and oxygen atoms in total. The molecule has 5 heteroatoms. The minimum Gasteiger partial charge on any atom is -0.395 e. The molecule has 1 saturated carbocycles. The molecule has 1 aromatic rings. The first kappa shape index (κ1) is 15.5. The second-order valence-electron chi connectivity index (χ2n) is 6.54. The highest BCUT2D eigenvalue weighted by molar-refractivity contribution is 6.30. The van der Waals surface area contributed by atoms with Crippen molar-refractivity contribution in [2.75, 3.05) is 18.1 Å². The summed E-state index contributed by atoms with van der Waals surface area (Å²) in [6, 6.07) is 0.472. The lowest BCUT2D eigenvalue weighted by Crippen LogP contribution is -2.43. The lowest BCUT2D eigenvalue weighted by atomic mass is 9.91. The molecule has 20 heavy (non-hydrogen) atoms. The van der Waals surface area contributed by atoms with Crippen molar-refractivity contribution in [2.45, 2.75) is 58.4 Å². The molecule has 0 amide bonds. The number of hydrogen-bond acceptors (Lipinski definition) is 4. The molecule has 1 heterocycles. The van der Waals surface area contributed by atoms with E-state index in [1.54, 1.807) is 0 Å². The molecule has 1 aliphatic carbocycles. The van der Waals surface area contributed by atoms with Crippen LogP contribution in [0.15, 0.2) is 0 Å². The average molecular weight is 298 g/mol. The van der Waals surface area contributed by atoms with E-state index >= 15 is 0 Å². The molecule has 0 bridgehead atoms. The van der Waals surface area contributed by atoms with Crippen molar-refractivity contribution >= 4 is 17.4 Å². The van der Waals surface area contributed by atoms with Gasteiger partial charge in [-0.2, -0.15) is 0 Å². The van der Waals surface area contributed by atoms with Gasteiger partial charge in [-0.1, -0.05) is 32.4 Å². The molecule has 1 aliphatic rings. The minimum absolute atomic E-state index is 0.127. The molecule has 0 aliphatic heterocycles. The summed E-state index contributed by atoms with van der Waals surface area (Å²) in [5, 5.41) is 9.85. The van der Waals surface area contributed by atoms with Gasteiger partial charge in [0.25, 0.3) is 0 Å². The monoisotopic (exact) mass is 297 g/mol. The zero-order valence-corrected chi connectivity index (χ0v) is 13.5. The van der Waals surface area contributed by atoms with Crippen LogP contribution < -0.4 is 4.90 Å². The molecule has 1 fully saturated rings. The van der Waals surface area contributed by atoms with E-state index < -0.39 is 0 Å². The lowest BCUT2D eigenvalue weighted by Gasteiger charge is -2.39. The first-order valence-corrected chi connectivity index (χ1v) is 7.64. The van der Waals surface area contributed by atoms with Gasteiger partial charge in [0.1, 0.15) is 16.8 Å². The van der Waals surface area contributed by atoms with Crippen molar-refractivity contribution < 1.29 is 5.11 Å². The van der Waals surface area contributed by atoms with Crippen LogP contribution >= 0.6 is 11.6 Å². The molecule has 1 aromatic heterocycles. The van der Waals surface area contributed by atoms with Gasteiger partial charge in [0.05, 0.1) is 6.61 Å². The molecule has 112 valence electrons. The third kappa shape index (κ3) is 3.07. The molecule has 0 radical (unpaired) electrons. The number of nitrogens with zero attached hydrogens (tertiary/aromatic N) is 3. The summed E-state index contributed by atoms with van der Waals surface area (Å²) in [5.41, 5.74) is 0.761. The van der Waals surface area contributed by atoms with Crippen LogP contribution in [0.2, 0.25) is 5.15 Å². The molecule has 0 unspecified atom stereocenters. The molecular weight excluding hydrogens is 274 g/mol. The summed E-state index contributed by atoms with van der Waals surface area (Å²) in [6.07, 6.45) is 3.56. The van der Waals surface area contributed by atoms with E-state index in [2.05, 4.69) is 30.7 Å². The largest absolute Gasteiger partial charge is 0.395 e. The van der Waals surface area contributed by atoms with Gasteiger partial charge in [-0.05, 0) is 26.2 Å². The van der Waals surface area contributed by atoms with Crippen molar-refractivity contribution in [2.24, 2.45) is 0 Å². The smallest absolute Gasteiger partial charge is 0.137 e. The first-order valence-electron chi connectivity index (χ1n) is 7.26. The van der Waals surface area contributed by atoms with Gasteiger partial charge in [0, 0.05) is 23.6 Å². The highest BCUT2D eigenvalue weighted by atomic mass is 35.5. The van der Waals surface area contributed by atoms with Crippen LogP contribution in [-0.4, -0.2) is 34.3 Å². The molecule has 0 atom stereocenters. The van der Waals surface area contributed by atoms with Crippen LogP contribution in [-0.2, 0) is 5.41 Å². The third-order valence-electron chi connectivity index (χ3n) is 3.86. The van der Waals surface area contributed by atoms with E-state index in [1.807, 2.05) is 6.92 Å². The van der Waals surface area contributed by atoms with Crippen LogP contribution in [0.3, 0.4) is 0 Å².